The second-order valence-electron chi connectivity index (χ2n) is 10.8. The van der Waals surface area contributed by atoms with Gasteiger partial charge in [-0.1, -0.05) is 80.6 Å². The van der Waals surface area contributed by atoms with Crippen LogP contribution in [-0.2, 0) is 26.0 Å². The minimum atomic E-state index is -4.15. The Bertz CT molecular complexity index is 1620. The molecule has 0 unspecified atom stereocenters. The minimum absolute atomic E-state index is 0.0554. The van der Waals surface area contributed by atoms with Crippen molar-refractivity contribution in [2.24, 2.45) is 0 Å². The Morgan fingerprint density at radius 2 is 1.31 bits per heavy atom. The number of benzene rings is 4. The van der Waals surface area contributed by atoms with Gasteiger partial charge in [-0.15, -0.1) is 0 Å². The summed E-state index contributed by atoms with van der Waals surface area (Å²) in [6, 6.07) is 32.7. The van der Waals surface area contributed by atoms with E-state index < -0.39 is 28.5 Å². The molecule has 2 atom stereocenters. The predicted octanol–water partition coefficient (Wildman–Crippen LogP) is 6.44. The molecule has 4 aromatic rings. The summed E-state index contributed by atoms with van der Waals surface area (Å²) in [5.74, 6) is 0.435. The summed E-state index contributed by atoms with van der Waals surface area (Å²) in [5.41, 5.74) is 1.31. The van der Waals surface area contributed by atoms with Gasteiger partial charge < -0.3 is 15.0 Å². The molecule has 0 bridgehead atoms. The first-order valence-electron chi connectivity index (χ1n) is 15.3. The number of rotatable bonds is 15. The maximum absolute atomic E-state index is 14.2. The molecule has 1 N–H and O–H groups in total. The van der Waals surface area contributed by atoms with Crippen molar-refractivity contribution < 1.29 is 22.7 Å². The van der Waals surface area contributed by atoms with Gasteiger partial charge in [0.1, 0.15) is 24.1 Å². The zero-order valence-electron chi connectivity index (χ0n) is 26.0. The van der Waals surface area contributed by atoms with E-state index in [1.165, 1.54) is 17.0 Å². The van der Waals surface area contributed by atoms with Crippen LogP contribution < -0.4 is 14.4 Å². The number of anilines is 1. The van der Waals surface area contributed by atoms with Crippen LogP contribution in [0.2, 0.25) is 0 Å². The molecule has 0 saturated heterocycles. The predicted molar refractivity (Wildman–Crippen MR) is 178 cm³/mol. The topological polar surface area (TPSA) is 96.0 Å². The van der Waals surface area contributed by atoms with E-state index in [0.717, 1.165) is 16.3 Å². The van der Waals surface area contributed by atoms with Gasteiger partial charge in [0, 0.05) is 12.6 Å². The summed E-state index contributed by atoms with van der Waals surface area (Å²) in [7, 11) is -4.15. The van der Waals surface area contributed by atoms with Crippen molar-refractivity contribution in [3.63, 3.8) is 0 Å². The fraction of sp³-hybridized carbons (Fsp3) is 0.278. The van der Waals surface area contributed by atoms with Gasteiger partial charge in [-0.3, -0.25) is 13.9 Å². The van der Waals surface area contributed by atoms with E-state index in [1.807, 2.05) is 81.4 Å². The van der Waals surface area contributed by atoms with Gasteiger partial charge >= 0.3 is 0 Å². The zero-order valence-corrected chi connectivity index (χ0v) is 26.8. The van der Waals surface area contributed by atoms with Crippen molar-refractivity contribution in [3.05, 3.63) is 121 Å². The summed E-state index contributed by atoms with van der Waals surface area (Å²) in [4.78, 5) is 29.2. The Morgan fingerprint density at radius 3 is 1.89 bits per heavy atom. The number of carbonyl (C=O) groups excluding carboxylic acids is 2. The molecule has 236 valence electrons. The average molecular weight is 628 g/mol. The third-order valence-corrected chi connectivity index (χ3v) is 9.37. The van der Waals surface area contributed by atoms with Gasteiger partial charge in [-0.05, 0) is 80.3 Å². The molecule has 4 rings (SSSR count). The standard InChI is InChI=1S/C36H41N3O5S/c1-4-28(3)37-36(41)34(5-2)38(26-25-29-15-9-6-10-16-29)35(40)27-39(45(42,43)33-19-13-8-14-20-33)30-21-23-32(24-22-30)44-31-17-11-7-12-18-31/h6-24,28,34H,4-5,25-27H2,1-3H3,(H,37,41)/t28-,34-/m1/s1. The van der Waals surface area contributed by atoms with Gasteiger partial charge in [0.15, 0.2) is 0 Å². The smallest absolute Gasteiger partial charge is 0.264 e. The average Bonchev–Trinajstić information content (AvgIpc) is 3.07. The highest BCUT2D eigenvalue weighted by Crippen LogP contribution is 2.28. The SMILES string of the molecule is CC[C@@H](C)NC(=O)[C@@H](CC)N(CCc1ccccc1)C(=O)CN(c1ccc(Oc2ccccc2)cc1)S(=O)(=O)c1ccccc1. The van der Waals surface area contributed by atoms with Gasteiger partial charge in [0.05, 0.1) is 10.6 Å². The van der Waals surface area contributed by atoms with Crippen LogP contribution in [-0.4, -0.2) is 50.3 Å². The molecule has 4 aromatic carbocycles. The van der Waals surface area contributed by atoms with Crippen LogP contribution in [0, 0.1) is 0 Å². The van der Waals surface area contributed by atoms with Crippen LogP contribution >= 0.6 is 0 Å². The third-order valence-electron chi connectivity index (χ3n) is 7.58. The lowest BCUT2D eigenvalue weighted by molar-refractivity contribution is -0.139. The Kier molecular flexibility index (Phi) is 11.8. The summed E-state index contributed by atoms with van der Waals surface area (Å²) in [6.45, 7) is 5.51. The number of ether oxygens (including phenoxy) is 1. The molecule has 0 fully saturated rings. The van der Waals surface area contributed by atoms with Crippen LogP contribution in [0.3, 0.4) is 0 Å². The van der Waals surface area contributed by atoms with Gasteiger partial charge in [0.2, 0.25) is 11.8 Å². The Hall–Kier alpha value is -4.63. The fourth-order valence-electron chi connectivity index (χ4n) is 4.89. The first-order valence-corrected chi connectivity index (χ1v) is 16.7. The number of hydrogen-bond donors (Lipinski definition) is 1. The second kappa shape index (κ2) is 15.9. The highest BCUT2D eigenvalue weighted by Gasteiger charge is 2.33. The first kappa shape index (κ1) is 33.3. The molecule has 0 aliphatic rings. The van der Waals surface area contributed by atoms with Crippen molar-refractivity contribution in [2.45, 2.75) is 57.0 Å². The highest BCUT2D eigenvalue weighted by atomic mass is 32.2. The molecule has 0 aliphatic heterocycles. The van der Waals surface area contributed by atoms with E-state index >= 15 is 0 Å². The van der Waals surface area contributed by atoms with Crippen LogP contribution in [0.15, 0.2) is 120 Å². The van der Waals surface area contributed by atoms with Crippen LogP contribution in [0.1, 0.15) is 39.2 Å². The number of nitrogens with zero attached hydrogens (tertiary/aromatic N) is 2. The molecule has 9 heteroatoms. The van der Waals surface area contributed by atoms with E-state index in [0.29, 0.717) is 30.0 Å². The normalized spacial score (nSPS) is 12.5. The molecule has 0 heterocycles. The lowest BCUT2D eigenvalue weighted by Gasteiger charge is -2.33. The molecule has 0 radical (unpaired) electrons. The van der Waals surface area contributed by atoms with E-state index in [9.17, 15) is 18.0 Å². The Labute approximate surface area is 266 Å². The first-order chi connectivity index (χ1) is 21.7. The molecule has 0 spiro atoms. The van der Waals surface area contributed by atoms with Gasteiger partial charge in [0.25, 0.3) is 10.0 Å². The maximum Gasteiger partial charge on any atom is 0.264 e. The number of nitrogens with one attached hydrogen (secondary N) is 1. The minimum Gasteiger partial charge on any atom is -0.457 e. The number of sulfonamides is 1. The van der Waals surface area contributed by atoms with Crippen molar-refractivity contribution in [2.75, 3.05) is 17.4 Å². The zero-order chi connectivity index (χ0) is 32.2. The molecule has 0 aromatic heterocycles. The molecule has 45 heavy (non-hydrogen) atoms. The van der Waals surface area contributed by atoms with Crippen molar-refractivity contribution in [1.29, 1.82) is 0 Å². The van der Waals surface area contributed by atoms with Crippen molar-refractivity contribution in [3.8, 4) is 11.5 Å². The largest absolute Gasteiger partial charge is 0.457 e. The molecule has 8 nitrogen and oxygen atoms in total. The van der Waals surface area contributed by atoms with Crippen LogP contribution in [0.4, 0.5) is 5.69 Å². The van der Waals surface area contributed by atoms with E-state index in [-0.39, 0.29) is 23.4 Å². The second-order valence-corrected chi connectivity index (χ2v) is 12.7. The van der Waals surface area contributed by atoms with Crippen LogP contribution in [0.25, 0.3) is 0 Å². The molecular formula is C36H41N3O5S. The Balaban J connectivity index is 1.68. The van der Waals surface area contributed by atoms with E-state index in [1.54, 1.807) is 42.5 Å². The molecular weight excluding hydrogens is 586 g/mol. The van der Waals surface area contributed by atoms with Crippen molar-refractivity contribution in [1.82, 2.24) is 10.2 Å². The number of amides is 2. The van der Waals surface area contributed by atoms with E-state index in [2.05, 4.69) is 5.32 Å². The summed E-state index contributed by atoms with van der Waals surface area (Å²) >= 11 is 0. The number of hydrogen-bond acceptors (Lipinski definition) is 5. The highest BCUT2D eigenvalue weighted by molar-refractivity contribution is 7.92. The van der Waals surface area contributed by atoms with Gasteiger partial charge in [-0.2, -0.15) is 0 Å². The summed E-state index contributed by atoms with van der Waals surface area (Å²) in [6.07, 6.45) is 1.63. The fourth-order valence-corrected chi connectivity index (χ4v) is 6.33. The Morgan fingerprint density at radius 1 is 0.756 bits per heavy atom. The van der Waals surface area contributed by atoms with Gasteiger partial charge in [-0.25, -0.2) is 8.42 Å². The molecule has 2 amide bonds. The van der Waals surface area contributed by atoms with E-state index in [4.69, 9.17) is 4.74 Å². The number of para-hydroxylation sites is 1. The monoisotopic (exact) mass is 627 g/mol. The third kappa shape index (κ3) is 8.95. The summed E-state index contributed by atoms with van der Waals surface area (Å²) < 4.78 is 35.1. The number of carbonyl (C=O) groups is 2. The van der Waals surface area contributed by atoms with Crippen LogP contribution in [0.5, 0.6) is 11.5 Å². The maximum atomic E-state index is 14.2. The molecule has 0 aliphatic carbocycles. The lowest BCUT2D eigenvalue weighted by atomic mass is 10.1. The lowest BCUT2D eigenvalue weighted by Crippen LogP contribution is -2.54. The van der Waals surface area contributed by atoms with Crippen molar-refractivity contribution >= 4 is 27.5 Å². The summed E-state index contributed by atoms with van der Waals surface area (Å²) in [5, 5.41) is 3.00. The quantitative estimate of drug-likeness (QED) is 0.164. The molecule has 0 saturated carbocycles.